The Labute approximate surface area is 127 Å². The van der Waals surface area contributed by atoms with E-state index < -0.39 is 20.9 Å². The summed E-state index contributed by atoms with van der Waals surface area (Å²) < 4.78 is 23.5. The number of carbonyl (C=O) groups excluding carboxylic acids is 2. The van der Waals surface area contributed by atoms with Crippen LogP contribution in [-0.2, 0) is 19.4 Å². The molecule has 0 unspecified atom stereocenters. The molecule has 0 aromatic heterocycles. The molecular weight excluding hydrogens is 292 g/mol. The van der Waals surface area contributed by atoms with E-state index in [9.17, 15) is 18.0 Å². The minimum atomic E-state index is -3.19. The van der Waals surface area contributed by atoms with Crippen molar-refractivity contribution >= 4 is 21.7 Å². The summed E-state index contributed by atoms with van der Waals surface area (Å²) in [6.45, 7) is 8.62. The van der Waals surface area contributed by atoms with E-state index in [0.29, 0.717) is 12.8 Å². The first kappa shape index (κ1) is 17.9. The van der Waals surface area contributed by atoms with Crippen LogP contribution in [0.15, 0.2) is 0 Å². The highest BCUT2D eigenvalue weighted by Crippen LogP contribution is 2.31. The Morgan fingerprint density at radius 2 is 1.62 bits per heavy atom. The molecular formula is C14H26N2O4S. The molecule has 21 heavy (non-hydrogen) atoms. The van der Waals surface area contributed by atoms with Gasteiger partial charge >= 0.3 is 0 Å². The van der Waals surface area contributed by atoms with Crippen LogP contribution in [0.3, 0.4) is 0 Å². The van der Waals surface area contributed by atoms with Gasteiger partial charge in [-0.25, -0.2) is 8.42 Å². The van der Waals surface area contributed by atoms with Gasteiger partial charge in [0, 0.05) is 12.3 Å². The van der Waals surface area contributed by atoms with Gasteiger partial charge in [0.2, 0.25) is 11.8 Å². The third-order valence-electron chi connectivity index (χ3n) is 4.38. The minimum absolute atomic E-state index is 0.0376. The predicted octanol–water partition coefficient (Wildman–Crippen LogP) is 0.717. The van der Waals surface area contributed by atoms with Crippen LogP contribution in [0.1, 0.15) is 47.5 Å². The van der Waals surface area contributed by atoms with Crippen LogP contribution in [0.25, 0.3) is 0 Å². The van der Waals surface area contributed by atoms with Crippen LogP contribution in [0, 0.1) is 0 Å². The Morgan fingerprint density at radius 1 is 1.10 bits per heavy atom. The lowest BCUT2D eigenvalue weighted by Gasteiger charge is -2.50. The van der Waals surface area contributed by atoms with Gasteiger partial charge in [-0.2, -0.15) is 0 Å². The number of nitrogens with one attached hydrogen (secondary N) is 1. The van der Waals surface area contributed by atoms with Crippen molar-refractivity contribution in [2.24, 2.45) is 0 Å². The summed E-state index contributed by atoms with van der Waals surface area (Å²) in [4.78, 5) is 26.6. The van der Waals surface area contributed by atoms with Gasteiger partial charge in [0.25, 0.3) is 0 Å². The second-order valence-corrected chi connectivity index (χ2v) is 8.48. The van der Waals surface area contributed by atoms with Gasteiger partial charge in [-0.05, 0) is 26.7 Å². The van der Waals surface area contributed by atoms with Crippen molar-refractivity contribution in [3.05, 3.63) is 0 Å². The molecule has 1 rings (SSSR count). The van der Waals surface area contributed by atoms with E-state index in [4.69, 9.17) is 0 Å². The Balaban J connectivity index is 3.17. The predicted molar refractivity (Wildman–Crippen MR) is 81.6 cm³/mol. The fourth-order valence-electron chi connectivity index (χ4n) is 2.75. The lowest BCUT2D eigenvalue weighted by atomic mass is 9.83. The number of amides is 2. The molecule has 1 N–H and O–H groups in total. The van der Waals surface area contributed by atoms with Gasteiger partial charge in [-0.3, -0.25) is 9.59 Å². The Hall–Kier alpha value is -1.11. The molecule has 7 heteroatoms. The third kappa shape index (κ3) is 3.22. The number of nitrogens with zero attached hydrogens (tertiary/aromatic N) is 1. The first-order chi connectivity index (χ1) is 9.56. The third-order valence-corrected chi connectivity index (χ3v) is 6.06. The maximum absolute atomic E-state index is 12.6. The summed E-state index contributed by atoms with van der Waals surface area (Å²) in [6, 6.07) is 0. The topological polar surface area (TPSA) is 83.6 Å². The average Bonchev–Trinajstić information content (AvgIpc) is 2.41. The number of carbonyl (C=O) groups is 2. The molecule has 0 aromatic rings. The summed E-state index contributed by atoms with van der Waals surface area (Å²) in [7, 11) is -3.19. The Morgan fingerprint density at radius 3 is 2.05 bits per heavy atom. The maximum atomic E-state index is 12.6. The molecule has 0 bridgehead atoms. The van der Waals surface area contributed by atoms with E-state index in [-0.39, 0.29) is 29.9 Å². The van der Waals surface area contributed by atoms with Gasteiger partial charge < -0.3 is 10.2 Å². The molecule has 1 aliphatic heterocycles. The van der Waals surface area contributed by atoms with Gasteiger partial charge in [-0.15, -0.1) is 0 Å². The molecule has 1 heterocycles. The van der Waals surface area contributed by atoms with Gasteiger partial charge in [0.05, 0.1) is 5.75 Å². The largest absolute Gasteiger partial charge is 0.340 e. The first-order valence-electron chi connectivity index (χ1n) is 7.41. The number of hydrogen-bond acceptors (Lipinski definition) is 4. The second kappa shape index (κ2) is 5.94. The molecule has 0 aliphatic carbocycles. The lowest BCUT2D eigenvalue weighted by molar-refractivity contribution is -0.162. The number of rotatable bonds is 6. The van der Waals surface area contributed by atoms with Gasteiger partial charge in [0.15, 0.2) is 9.84 Å². The lowest BCUT2D eigenvalue weighted by Crippen LogP contribution is -2.74. The van der Waals surface area contributed by atoms with Crippen LogP contribution in [0.2, 0.25) is 0 Å². The summed E-state index contributed by atoms with van der Waals surface area (Å²) in [5.41, 5.74) is -1.95. The van der Waals surface area contributed by atoms with E-state index in [1.807, 2.05) is 13.8 Å². The quantitative estimate of drug-likeness (QED) is 0.782. The number of sulfone groups is 1. The average molecular weight is 318 g/mol. The van der Waals surface area contributed by atoms with Crippen molar-refractivity contribution in [2.45, 2.75) is 58.5 Å². The molecule has 0 radical (unpaired) electrons. The zero-order chi connectivity index (χ0) is 16.5. The second-order valence-electron chi connectivity index (χ2n) is 6.01. The van der Waals surface area contributed by atoms with Crippen molar-refractivity contribution in [3.8, 4) is 0 Å². The van der Waals surface area contributed by atoms with E-state index >= 15 is 0 Å². The highest BCUT2D eigenvalue weighted by Gasteiger charge is 2.53. The molecule has 1 fully saturated rings. The zero-order valence-corrected chi connectivity index (χ0v) is 14.3. The van der Waals surface area contributed by atoms with Crippen LogP contribution in [-0.4, -0.2) is 54.3 Å². The minimum Gasteiger partial charge on any atom is -0.340 e. The molecule has 1 aliphatic rings. The van der Waals surface area contributed by atoms with Crippen LogP contribution in [0.5, 0.6) is 0 Å². The summed E-state index contributed by atoms with van der Waals surface area (Å²) in [5.74, 6) is -0.501. The normalized spacial score (nSPS) is 21.3. The number of piperazine rings is 1. The fourth-order valence-corrected chi connectivity index (χ4v) is 3.50. The van der Waals surface area contributed by atoms with E-state index in [2.05, 4.69) is 5.32 Å². The standard InChI is InChI=1S/C14H26N2O4S/c1-6-14(7-2)11(17)15-13(4,5)12(18)16(14)9-10-21(19,20)8-3/h6-10H2,1-5H3,(H,15,17). The smallest absolute Gasteiger partial charge is 0.248 e. The molecule has 0 aromatic carbocycles. The van der Waals surface area contributed by atoms with Crippen molar-refractivity contribution in [2.75, 3.05) is 18.1 Å². The SMILES string of the molecule is CCC1(CC)C(=O)NC(C)(C)C(=O)N1CCS(=O)(=O)CC. The van der Waals surface area contributed by atoms with Crippen molar-refractivity contribution in [1.29, 1.82) is 0 Å². The molecule has 0 spiro atoms. The molecule has 1 saturated heterocycles. The molecule has 2 amide bonds. The summed E-state index contributed by atoms with van der Waals surface area (Å²) >= 11 is 0. The van der Waals surface area contributed by atoms with Gasteiger partial charge in [0.1, 0.15) is 11.1 Å². The fraction of sp³-hybridized carbons (Fsp3) is 0.857. The maximum Gasteiger partial charge on any atom is 0.248 e. The van der Waals surface area contributed by atoms with Crippen molar-refractivity contribution in [3.63, 3.8) is 0 Å². The molecule has 6 nitrogen and oxygen atoms in total. The zero-order valence-electron chi connectivity index (χ0n) is 13.5. The Kier molecular flexibility index (Phi) is 5.08. The van der Waals surface area contributed by atoms with Crippen molar-refractivity contribution < 1.29 is 18.0 Å². The van der Waals surface area contributed by atoms with Crippen LogP contribution in [0.4, 0.5) is 0 Å². The molecule has 0 saturated carbocycles. The number of hydrogen-bond donors (Lipinski definition) is 1. The molecule has 0 atom stereocenters. The summed E-state index contributed by atoms with van der Waals surface area (Å²) in [5, 5.41) is 2.76. The van der Waals surface area contributed by atoms with E-state index in [0.717, 1.165) is 0 Å². The van der Waals surface area contributed by atoms with Crippen LogP contribution >= 0.6 is 0 Å². The Bertz CT molecular complexity index is 521. The van der Waals surface area contributed by atoms with E-state index in [1.54, 1.807) is 20.8 Å². The van der Waals surface area contributed by atoms with Crippen LogP contribution < -0.4 is 5.32 Å². The highest BCUT2D eigenvalue weighted by atomic mass is 32.2. The first-order valence-corrected chi connectivity index (χ1v) is 9.23. The van der Waals surface area contributed by atoms with Gasteiger partial charge in [-0.1, -0.05) is 20.8 Å². The highest BCUT2D eigenvalue weighted by molar-refractivity contribution is 7.91. The molecule has 122 valence electrons. The van der Waals surface area contributed by atoms with Crippen molar-refractivity contribution in [1.82, 2.24) is 10.2 Å². The van der Waals surface area contributed by atoms with E-state index in [1.165, 1.54) is 4.90 Å². The monoisotopic (exact) mass is 318 g/mol. The summed E-state index contributed by atoms with van der Waals surface area (Å²) in [6.07, 6.45) is 0.923.